The van der Waals surface area contributed by atoms with Crippen molar-refractivity contribution >= 4 is 17.3 Å². The van der Waals surface area contributed by atoms with Crippen molar-refractivity contribution in [3.8, 4) is 11.8 Å². The first-order valence-corrected chi connectivity index (χ1v) is 6.16. The van der Waals surface area contributed by atoms with Crippen LogP contribution in [0.15, 0.2) is 18.2 Å². The van der Waals surface area contributed by atoms with Crippen molar-refractivity contribution in [1.82, 2.24) is 5.32 Å². The number of ether oxygens (including phenoxy) is 1. The minimum absolute atomic E-state index is 0.0807. The second-order valence-corrected chi connectivity index (χ2v) is 4.23. The molecule has 0 saturated carbocycles. The summed E-state index contributed by atoms with van der Waals surface area (Å²) in [6.07, 6.45) is 0.899. The molecule has 102 valence electrons. The van der Waals surface area contributed by atoms with E-state index in [0.29, 0.717) is 6.54 Å². The van der Waals surface area contributed by atoms with Crippen molar-refractivity contribution in [2.45, 2.75) is 19.4 Å². The Morgan fingerprint density at radius 2 is 2.37 bits per heavy atom. The van der Waals surface area contributed by atoms with E-state index in [2.05, 4.69) is 11.4 Å². The predicted octanol–water partition coefficient (Wildman–Crippen LogP) is 2.52. The van der Waals surface area contributed by atoms with Crippen molar-refractivity contribution in [2.24, 2.45) is 0 Å². The van der Waals surface area contributed by atoms with E-state index in [0.717, 1.165) is 6.42 Å². The van der Waals surface area contributed by atoms with E-state index in [1.54, 1.807) is 0 Å². The fraction of sp³-hybridized carbons (Fsp3) is 0.417. The van der Waals surface area contributed by atoms with Gasteiger partial charge in [0.1, 0.15) is 18.4 Å². The highest BCUT2D eigenvalue weighted by molar-refractivity contribution is 6.32. The lowest BCUT2D eigenvalue weighted by Gasteiger charge is -2.13. The van der Waals surface area contributed by atoms with Crippen molar-refractivity contribution in [3.63, 3.8) is 0 Å². The molecule has 0 aliphatic carbocycles. The molecule has 0 fully saturated rings. The van der Waals surface area contributed by atoms with Crippen LogP contribution in [-0.4, -0.2) is 24.1 Å². The lowest BCUT2D eigenvalue weighted by molar-refractivity contribution is -0.384. The van der Waals surface area contributed by atoms with Gasteiger partial charge in [-0.2, -0.15) is 5.26 Å². The Hall–Kier alpha value is -1.84. The number of nitro groups is 1. The molecule has 0 bridgehead atoms. The van der Waals surface area contributed by atoms with Crippen LogP contribution in [0.2, 0.25) is 5.02 Å². The Morgan fingerprint density at radius 1 is 1.63 bits per heavy atom. The van der Waals surface area contributed by atoms with E-state index >= 15 is 0 Å². The summed E-state index contributed by atoms with van der Waals surface area (Å²) in [6, 6.07) is 5.52. The van der Waals surface area contributed by atoms with Gasteiger partial charge >= 0.3 is 0 Å². The van der Waals surface area contributed by atoms with Gasteiger partial charge in [0.25, 0.3) is 5.69 Å². The molecule has 7 heteroatoms. The topological polar surface area (TPSA) is 88.2 Å². The fourth-order valence-corrected chi connectivity index (χ4v) is 1.52. The summed E-state index contributed by atoms with van der Waals surface area (Å²) >= 11 is 5.88. The SMILES string of the molecule is CCCNC(C#N)COc1cc([N+](=O)[O-])ccc1Cl. The van der Waals surface area contributed by atoms with Crippen molar-refractivity contribution in [1.29, 1.82) is 5.26 Å². The summed E-state index contributed by atoms with van der Waals surface area (Å²) in [5, 5.41) is 22.8. The van der Waals surface area contributed by atoms with Crippen LogP contribution in [-0.2, 0) is 0 Å². The van der Waals surface area contributed by atoms with Crippen LogP contribution in [0.25, 0.3) is 0 Å². The van der Waals surface area contributed by atoms with Crippen LogP contribution in [0.3, 0.4) is 0 Å². The summed E-state index contributed by atoms with van der Waals surface area (Å²) < 4.78 is 5.36. The third kappa shape index (κ3) is 4.73. The van der Waals surface area contributed by atoms with Crippen LogP contribution in [0.5, 0.6) is 5.75 Å². The maximum atomic E-state index is 10.6. The zero-order valence-corrected chi connectivity index (χ0v) is 11.2. The minimum Gasteiger partial charge on any atom is -0.489 e. The van der Waals surface area contributed by atoms with E-state index in [1.165, 1.54) is 18.2 Å². The number of hydrogen-bond donors (Lipinski definition) is 1. The van der Waals surface area contributed by atoms with Crippen LogP contribution >= 0.6 is 11.6 Å². The van der Waals surface area contributed by atoms with Gasteiger partial charge in [0.05, 0.1) is 22.1 Å². The molecule has 0 radical (unpaired) electrons. The fourth-order valence-electron chi connectivity index (χ4n) is 1.35. The predicted molar refractivity (Wildman–Crippen MR) is 71.3 cm³/mol. The van der Waals surface area contributed by atoms with Crippen molar-refractivity contribution in [2.75, 3.05) is 13.2 Å². The summed E-state index contributed by atoms with van der Waals surface area (Å²) in [5.41, 5.74) is -0.102. The Morgan fingerprint density at radius 3 is 2.95 bits per heavy atom. The van der Waals surface area contributed by atoms with E-state index in [9.17, 15) is 10.1 Å². The van der Waals surface area contributed by atoms with E-state index in [-0.39, 0.29) is 23.1 Å². The summed E-state index contributed by atoms with van der Waals surface area (Å²) in [7, 11) is 0. The molecule has 1 rings (SSSR count). The van der Waals surface area contributed by atoms with Gasteiger partial charge in [-0.3, -0.25) is 15.4 Å². The number of non-ortho nitro benzene ring substituents is 1. The molecule has 1 aromatic rings. The maximum Gasteiger partial charge on any atom is 0.273 e. The quantitative estimate of drug-likeness (QED) is 0.613. The van der Waals surface area contributed by atoms with Crippen LogP contribution in [0.4, 0.5) is 5.69 Å². The number of nitro benzene ring substituents is 1. The molecule has 0 aromatic heterocycles. The zero-order chi connectivity index (χ0) is 14.3. The Labute approximate surface area is 116 Å². The molecule has 1 atom stereocenters. The van der Waals surface area contributed by atoms with Gasteiger partial charge in [0, 0.05) is 6.07 Å². The van der Waals surface area contributed by atoms with Crippen molar-refractivity contribution in [3.05, 3.63) is 33.3 Å². The van der Waals surface area contributed by atoms with Crippen LogP contribution in [0, 0.1) is 21.4 Å². The molecule has 0 aliphatic rings. The van der Waals surface area contributed by atoms with E-state index in [1.807, 2.05) is 6.92 Å². The van der Waals surface area contributed by atoms with Gasteiger partial charge in [-0.25, -0.2) is 0 Å². The molecule has 0 spiro atoms. The van der Waals surface area contributed by atoms with Crippen LogP contribution < -0.4 is 10.1 Å². The average Bonchev–Trinajstić information content (AvgIpc) is 2.40. The van der Waals surface area contributed by atoms with Gasteiger partial charge in [0.15, 0.2) is 0 Å². The zero-order valence-electron chi connectivity index (χ0n) is 10.4. The van der Waals surface area contributed by atoms with E-state index < -0.39 is 11.0 Å². The molecule has 0 amide bonds. The Bertz CT molecular complexity index is 488. The molecular formula is C12H14ClN3O3. The standard InChI is InChI=1S/C12H14ClN3O3/c1-2-5-15-9(7-14)8-19-12-6-10(16(17)18)3-4-11(12)13/h3-4,6,9,15H,2,5,8H2,1H3. The van der Waals surface area contributed by atoms with Gasteiger partial charge in [-0.15, -0.1) is 0 Å². The van der Waals surface area contributed by atoms with Gasteiger partial charge < -0.3 is 4.74 Å². The molecule has 1 unspecified atom stereocenters. The largest absolute Gasteiger partial charge is 0.489 e. The van der Waals surface area contributed by atoms with Gasteiger partial charge in [-0.05, 0) is 19.0 Å². The number of benzene rings is 1. The lowest BCUT2D eigenvalue weighted by atomic mass is 10.3. The number of nitriles is 1. The van der Waals surface area contributed by atoms with Gasteiger partial charge in [-0.1, -0.05) is 18.5 Å². The third-order valence-corrected chi connectivity index (χ3v) is 2.64. The first-order valence-electron chi connectivity index (χ1n) is 5.78. The summed E-state index contributed by atoms with van der Waals surface area (Å²) in [4.78, 5) is 10.1. The average molecular weight is 284 g/mol. The Balaban J connectivity index is 2.68. The first-order chi connectivity index (χ1) is 9.08. The number of hydrogen-bond acceptors (Lipinski definition) is 5. The monoisotopic (exact) mass is 283 g/mol. The molecule has 19 heavy (non-hydrogen) atoms. The molecule has 1 N–H and O–H groups in total. The lowest BCUT2D eigenvalue weighted by Crippen LogP contribution is -2.33. The summed E-state index contributed by atoms with van der Waals surface area (Å²) in [6.45, 7) is 2.77. The van der Waals surface area contributed by atoms with Crippen molar-refractivity contribution < 1.29 is 9.66 Å². The third-order valence-electron chi connectivity index (χ3n) is 2.33. The first kappa shape index (κ1) is 15.2. The highest BCUT2D eigenvalue weighted by Gasteiger charge is 2.13. The molecule has 6 nitrogen and oxygen atoms in total. The highest BCUT2D eigenvalue weighted by atomic mass is 35.5. The minimum atomic E-state index is -0.527. The maximum absolute atomic E-state index is 10.6. The molecule has 0 saturated heterocycles. The molecule has 0 heterocycles. The van der Waals surface area contributed by atoms with E-state index in [4.69, 9.17) is 21.6 Å². The molecular weight excluding hydrogens is 270 g/mol. The number of halogens is 1. The van der Waals surface area contributed by atoms with Crippen LogP contribution in [0.1, 0.15) is 13.3 Å². The highest BCUT2D eigenvalue weighted by Crippen LogP contribution is 2.28. The second kappa shape index (κ2) is 7.56. The Kier molecular flexibility index (Phi) is 6.06. The molecule has 1 aromatic carbocycles. The second-order valence-electron chi connectivity index (χ2n) is 3.82. The number of nitrogens with zero attached hydrogens (tertiary/aromatic N) is 2. The molecule has 0 aliphatic heterocycles. The summed E-state index contributed by atoms with van der Waals surface area (Å²) in [5.74, 6) is 0.203. The van der Waals surface area contributed by atoms with Gasteiger partial charge in [0.2, 0.25) is 0 Å². The number of nitrogens with one attached hydrogen (secondary N) is 1. The normalized spacial score (nSPS) is 11.6. The number of rotatable bonds is 7. The smallest absolute Gasteiger partial charge is 0.273 e.